The predicted molar refractivity (Wildman–Crippen MR) is 92.6 cm³/mol. The average Bonchev–Trinajstić information content (AvgIpc) is 2.94. The topological polar surface area (TPSA) is 43.8 Å². The van der Waals surface area contributed by atoms with Crippen molar-refractivity contribution < 1.29 is 0 Å². The number of nitrogens with two attached hydrogens (primary N) is 1. The highest BCUT2D eigenvalue weighted by atomic mass is 79.9. The van der Waals surface area contributed by atoms with Gasteiger partial charge in [-0.2, -0.15) is 0 Å². The third-order valence-electron chi connectivity index (χ3n) is 3.63. The number of hydrogen-bond acceptors (Lipinski definition) is 2. The molecule has 3 nitrogen and oxygen atoms in total. The molecular formula is C18H18BrN3. The summed E-state index contributed by atoms with van der Waals surface area (Å²) in [4.78, 5) is 4.50. The Hall–Kier alpha value is -1.91. The molecular weight excluding hydrogens is 338 g/mol. The number of nitrogens with zero attached hydrogens (tertiary/aromatic N) is 2. The Kier molecular flexibility index (Phi) is 4.71. The predicted octanol–water partition coefficient (Wildman–Crippen LogP) is 3.74. The maximum absolute atomic E-state index is 5.71. The maximum atomic E-state index is 5.71. The SMILES string of the molecule is NCc1cccc(Cn2ccnc2Cc2cccc(Br)c2)c1. The van der Waals surface area contributed by atoms with E-state index in [2.05, 4.69) is 67.9 Å². The van der Waals surface area contributed by atoms with Gasteiger partial charge in [0.1, 0.15) is 5.82 Å². The zero-order chi connectivity index (χ0) is 15.4. The van der Waals surface area contributed by atoms with Crippen LogP contribution in [0.2, 0.25) is 0 Å². The molecule has 0 bridgehead atoms. The van der Waals surface area contributed by atoms with E-state index >= 15 is 0 Å². The Morgan fingerprint density at radius 2 is 1.77 bits per heavy atom. The summed E-state index contributed by atoms with van der Waals surface area (Å²) >= 11 is 3.52. The summed E-state index contributed by atoms with van der Waals surface area (Å²) in [6.07, 6.45) is 4.71. The Bertz CT molecular complexity index is 764. The van der Waals surface area contributed by atoms with Gasteiger partial charge in [0.25, 0.3) is 0 Å². The van der Waals surface area contributed by atoms with Crippen LogP contribution in [0, 0.1) is 0 Å². The fourth-order valence-corrected chi connectivity index (χ4v) is 2.98. The molecule has 0 radical (unpaired) electrons. The van der Waals surface area contributed by atoms with Gasteiger partial charge < -0.3 is 10.3 Å². The molecule has 0 amide bonds. The third-order valence-corrected chi connectivity index (χ3v) is 4.13. The Morgan fingerprint density at radius 3 is 2.59 bits per heavy atom. The van der Waals surface area contributed by atoms with Crippen LogP contribution in [-0.4, -0.2) is 9.55 Å². The Balaban J connectivity index is 1.80. The van der Waals surface area contributed by atoms with Crippen molar-refractivity contribution in [1.29, 1.82) is 0 Å². The molecule has 0 spiro atoms. The summed E-state index contributed by atoms with van der Waals surface area (Å²) in [6.45, 7) is 1.39. The van der Waals surface area contributed by atoms with Crippen molar-refractivity contribution in [2.24, 2.45) is 5.73 Å². The van der Waals surface area contributed by atoms with E-state index in [1.54, 1.807) is 0 Å². The van der Waals surface area contributed by atoms with Gasteiger partial charge in [0.05, 0.1) is 0 Å². The molecule has 0 unspecified atom stereocenters. The first-order valence-electron chi connectivity index (χ1n) is 7.27. The van der Waals surface area contributed by atoms with Crippen LogP contribution in [0.5, 0.6) is 0 Å². The van der Waals surface area contributed by atoms with Gasteiger partial charge in [-0.15, -0.1) is 0 Å². The number of hydrogen-bond donors (Lipinski definition) is 1. The van der Waals surface area contributed by atoms with Crippen LogP contribution in [0.3, 0.4) is 0 Å². The summed E-state index contributed by atoms with van der Waals surface area (Å²) in [5.74, 6) is 1.07. The summed E-state index contributed by atoms with van der Waals surface area (Å²) in [5.41, 5.74) is 9.37. The molecule has 22 heavy (non-hydrogen) atoms. The van der Waals surface area contributed by atoms with Crippen molar-refractivity contribution in [1.82, 2.24) is 9.55 Å². The fourth-order valence-electron chi connectivity index (χ4n) is 2.53. The second-order valence-corrected chi connectivity index (χ2v) is 6.22. The zero-order valence-corrected chi connectivity index (χ0v) is 13.8. The summed E-state index contributed by atoms with van der Waals surface area (Å²) < 4.78 is 3.29. The lowest BCUT2D eigenvalue weighted by Gasteiger charge is -2.09. The number of halogens is 1. The van der Waals surface area contributed by atoms with Gasteiger partial charge in [-0.1, -0.05) is 52.3 Å². The lowest BCUT2D eigenvalue weighted by molar-refractivity contribution is 0.739. The molecule has 1 aromatic heterocycles. The molecule has 2 N–H and O–H groups in total. The molecule has 0 saturated heterocycles. The Morgan fingerprint density at radius 1 is 1.00 bits per heavy atom. The van der Waals surface area contributed by atoms with Gasteiger partial charge in [0.2, 0.25) is 0 Å². The van der Waals surface area contributed by atoms with E-state index in [4.69, 9.17) is 5.73 Å². The van der Waals surface area contributed by atoms with Crippen molar-refractivity contribution >= 4 is 15.9 Å². The van der Waals surface area contributed by atoms with Gasteiger partial charge in [-0.05, 0) is 28.8 Å². The standard InChI is InChI=1S/C18H18BrN3/c19-17-6-2-3-14(10-17)11-18-21-7-8-22(18)13-16-5-1-4-15(9-16)12-20/h1-10H,11-13,20H2. The number of aromatic nitrogens is 2. The number of imidazole rings is 1. The van der Waals surface area contributed by atoms with Crippen molar-refractivity contribution in [2.45, 2.75) is 19.5 Å². The van der Waals surface area contributed by atoms with E-state index in [0.29, 0.717) is 6.54 Å². The smallest absolute Gasteiger partial charge is 0.113 e. The molecule has 0 aliphatic rings. The minimum Gasteiger partial charge on any atom is -0.330 e. The fraction of sp³-hybridized carbons (Fsp3) is 0.167. The molecule has 0 aliphatic heterocycles. The molecule has 0 aliphatic carbocycles. The van der Waals surface area contributed by atoms with E-state index in [1.807, 2.05) is 18.5 Å². The second-order valence-electron chi connectivity index (χ2n) is 5.30. The number of rotatable bonds is 5. The van der Waals surface area contributed by atoms with Crippen LogP contribution in [0.25, 0.3) is 0 Å². The summed E-state index contributed by atoms with van der Waals surface area (Å²) in [7, 11) is 0. The number of benzene rings is 2. The van der Waals surface area contributed by atoms with Gasteiger partial charge in [0.15, 0.2) is 0 Å². The average molecular weight is 356 g/mol. The van der Waals surface area contributed by atoms with E-state index in [-0.39, 0.29) is 0 Å². The van der Waals surface area contributed by atoms with Crippen LogP contribution in [0.15, 0.2) is 65.4 Å². The normalized spacial score (nSPS) is 10.8. The molecule has 112 valence electrons. The summed E-state index contributed by atoms with van der Waals surface area (Å²) in [6, 6.07) is 16.7. The Labute approximate surface area is 138 Å². The van der Waals surface area contributed by atoms with Crippen LogP contribution in [-0.2, 0) is 19.5 Å². The monoisotopic (exact) mass is 355 g/mol. The minimum atomic E-state index is 0.572. The lowest BCUT2D eigenvalue weighted by atomic mass is 10.1. The van der Waals surface area contributed by atoms with E-state index in [9.17, 15) is 0 Å². The van der Waals surface area contributed by atoms with E-state index in [1.165, 1.54) is 11.1 Å². The van der Waals surface area contributed by atoms with Crippen LogP contribution >= 0.6 is 15.9 Å². The van der Waals surface area contributed by atoms with E-state index < -0.39 is 0 Å². The quantitative estimate of drug-likeness (QED) is 0.757. The molecule has 3 rings (SSSR count). The molecule has 1 heterocycles. The zero-order valence-electron chi connectivity index (χ0n) is 12.2. The first kappa shape index (κ1) is 15.0. The van der Waals surface area contributed by atoms with Crippen LogP contribution < -0.4 is 5.73 Å². The molecule has 0 atom stereocenters. The molecule has 3 aromatic rings. The highest BCUT2D eigenvalue weighted by Crippen LogP contribution is 2.16. The largest absolute Gasteiger partial charge is 0.330 e. The summed E-state index contributed by atoms with van der Waals surface area (Å²) in [5, 5.41) is 0. The highest BCUT2D eigenvalue weighted by molar-refractivity contribution is 9.10. The first-order valence-corrected chi connectivity index (χ1v) is 8.06. The molecule has 0 fully saturated rings. The maximum Gasteiger partial charge on any atom is 0.113 e. The lowest BCUT2D eigenvalue weighted by Crippen LogP contribution is -2.06. The van der Waals surface area contributed by atoms with E-state index in [0.717, 1.165) is 28.8 Å². The molecule has 4 heteroatoms. The second kappa shape index (κ2) is 6.90. The highest BCUT2D eigenvalue weighted by Gasteiger charge is 2.06. The van der Waals surface area contributed by atoms with Gasteiger partial charge in [0, 0.05) is 36.4 Å². The van der Waals surface area contributed by atoms with Gasteiger partial charge >= 0.3 is 0 Å². The van der Waals surface area contributed by atoms with Crippen molar-refractivity contribution in [3.8, 4) is 0 Å². The van der Waals surface area contributed by atoms with Gasteiger partial charge in [-0.25, -0.2) is 4.98 Å². The van der Waals surface area contributed by atoms with Crippen LogP contribution in [0.1, 0.15) is 22.5 Å². The molecule has 2 aromatic carbocycles. The first-order chi connectivity index (χ1) is 10.7. The van der Waals surface area contributed by atoms with Crippen molar-refractivity contribution in [2.75, 3.05) is 0 Å². The molecule has 0 saturated carbocycles. The third kappa shape index (κ3) is 3.64. The van der Waals surface area contributed by atoms with Crippen molar-refractivity contribution in [3.05, 3.63) is 87.9 Å². The van der Waals surface area contributed by atoms with Gasteiger partial charge in [-0.3, -0.25) is 0 Å². The minimum absolute atomic E-state index is 0.572. The van der Waals surface area contributed by atoms with Crippen LogP contribution in [0.4, 0.5) is 0 Å². The van der Waals surface area contributed by atoms with Crippen molar-refractivity contribution in [3.63, 3.8) is 0 Å².